The molecule has 0 saturated heterocycles. The summed E-state index contributed by atoms with van der Waals surface area (Å²) in [7, 11) is -0.348. The first-order valence-corrected chi connectivity index (χ1v) is 7.73. The van der Waals surface area contributed by atoms with Gasteiger partial charge in [-0.2, -0.15) is 0 Å². The Morgan fingerprint density at radius 1 is 1.11 bits per heavy atom. The summed E-state index contributed by atoms with van der Waals surface area (Å²) in [4.78, 5) is 10.5. The van der Waals surface area contributed by atoms with Gasteiger partial charge in [-0.1, -0.05) is 30.3 Å². The zero-order valence-corrected chi connectivity index (χ0v) is 12.7. The summed E-state index contributed by atoms with van der Waals surface area (Å²) in [6, 6.07) is 9.72. The molecule has 0 N–H and O–H groups in total. The third-order valence-electron chi connectivity index (χ3n) is 2.74. The van der Waals surface area contributed by atoms with Gasteiger partial charge >= 0.3 is 7.60 Å². The molecule has 0 radical (unpaired) electrons. The molecule has 0 bridgehead atoms. The molecule has 0 heterocycles. The first-order valence-electron chi connectivity index (χ1n) is 6.00. The molecule has 108 valence electrons. The molecule has 0 aromatic heterocycles. The number of rotatable bonds is 8. The molecule has 5 nitrogen and oxygen atoms in total. The lowest BCUT2D eigenvalue weighted by atomic mass is 9.99. The minimum absolute atomic E-state index is 0.134. The van der Waals surface area contributed by atoms with Crippen LogP contribution in [0, 0.1) is 0 Å². The van der Waals surface area contributed by atoms with Crippen LogP contribution < -0.4 is 0 Å². The van der Waals surface area contributed by atoms with E-state index in [0.29, 0.717) is 0 Å². The first kappa shape index (κ1) is 16.3. The Hall–Kier alpha value is -0.710. The predicted octanol–water partition coefficient (Wildman–Crippen LogP) is 3.36. The van der Waals surface area contributed by atoms with Gasteiger partial charge in [-0.3, -0.25) is 4.57 Å². The fourth-order valence-corrected chi connectivity index (χ4v) is 2.30. The first-order chi connectivity index (χ1) is 8.93. The van der Waals surface area contributed by atoms with Crippen molar-refractivity contribution in [2.75, 3.05) is 27.0 Å². The zero-order valence-electron chi connectivity index (χ0n) is 11.8. The Morgan fingerprint density at radius 2 is 1.68 bits per heavy atom. The maximum atomic E-state index is 11.8. The van der Waals surface area contributed by atoms with Crippen LogP contribution in [0.1, 0.15) is 19.4 Å². The van der Waals surface area contributed by atoms with Gasteiger partial charge in [0, 0.05) is 14.2 Å². The lowest BCUT2D eigenvalue weighted by Gasteiger charge is -2.24. The van der Waals surface area contributed by atoms with Gasteiger partial charge in [-0.25, -0.2) is 9.78 Å². The molecule has 0 fully saturated rings. The van der Waals surface area contributed by atoms with E-state index in [0.717, 1.165) is 5.56 Å². The molecule has 19 heavy (non-hydrogen) atoms. The lowest BCUT2D eigenvalue weighted by molar-refractivity contribution is -0.355. The molecule has 6 heteroatoms. The highest BCUT2D eigenvalue weighted by molar-refractivity contribution is 7.53. The van der Waals surface area contributed by atoms with E-state index < -0.39 is 13.2 Å². The SMILES string of the molecule is COP(=O)(CCOOC(C)(C)c1ccccc1)OC. The maximum absolute atomic E-state index is 11.8. The summed E-state index contributed by atoms with van der Waals surface area (Å²) >= 11 is 0. The smallest absolute Gasteiger partial charge is 0.312 e. The molecule has 1 rings (SSSR count). The summed E-state index contributed by atoms with van der Waals surface area (Å²) in [5.41, 5.74) is 0.419. The van der Waals surface area contributed by atoms with Crippen molar-refractivity contribution in [1.82, 2.24) is 0 Å². The molecular weight excluding hydrogens is 267 g/mol. The fraction of sp³-hybridized carbons (Fsp3) is 0.538. The molecule has 0 aliphatic heterocycles. The van der Waals surface area contributed by atoms with E-state index >= 15 is 0 Å². The zero-order chi connectivity index (χ0) is 14.4. The number of benzene rings is 1. The van der Waals surface area contributed by atoms with Crippen LogP contribution in [0.25, 0.3) is 0 Å². The van der Waals surface area contributed by atoms with Gasteiger partial charge in [-0.15, -0.1) is 0 Å². The molecule has 0 spiro atoms. The Labute approximate surface area is 114 Å². The summed E-state index contributed by atoms with van der Waals surface area (Å²) < 4.78 is 21.4. The Balaban J connectivity index is 2.43. The molecule has 1 aromatic rings. The average Bonchev–Trinajstić information content (AvgIpc) is 2.44. The molecule has 0 aliphatic carbocycles. The van der Waals surface area contributed by atoms with Crippen LogP contribution in [0.5, 0.6) is 0 Å². The third kappa shape index (κ3) is 5.05. The molecule has 0 amide bonds. The molecule has 0 unspecified atom stereocenters. The van der Waals surface area contributed by atoms with Crippen LogP contribution in [0.15, 0.2) is 30.3 Å². The summed E-state index contributed by atoms with van der Waals surface area (Å²) in [6.07, 6.45) is 0.144. The topological polar surface area (TPSA) is 54.0 Å². The monoisotopic (exact) mass is 288 g/mol. The lowest BCUT2D eigenvalue weighted by Crippen LogP contribution is -2.22. The molecular formula is C13H21O5P. The van der Waals surface area contributed by atoms with Crippen molar-refractivity contribution >= 4 is 7.60 Å². The molecule has 0 aliphatic rings. The standard InChI is InChI=1S/C13H21O5P/c1-13(2,12-8-6-5-7-9-12)18-17-10-11-19(14,15-3)16-4/h5-9H,10-11H2,1-4H3. The van der Waals surface area contributed by atoms with Crippen LogP contribution in [0.4, 0.5) is 0 Å². The third-order valence-corrected chi connectivity index (χ3v) is 4.58. The summed E-state index contributed by atoms with van der Waals surface area (Å²) in [6.45, 7) is 3.93. The van der Waals surface area contributed by atoms with Crippen molar-refractivity contribution in [3.8, 4) is 0 Å². The highest BCUT2D eigenvalue weighted by Gasteiger charge is 2.24. The van der Waals surface area contributed by atoms with E-state index in [2.05, 4.69) is 0 Å². The number of hydrogen-bond donors (Lipinski definition) is 0. The van der Waals surface area contributed by atoms with Crippen LogP contribution in [0.2, 0.25) is 0 Å². The van der Waals surface area contributed by atoms with Crippen LogP contribution in [-0.4, -0.2) is 27.0 Å². The van der Waals surface area contributed by atoms with E-state index in [1.165, 1.54) is 14.2 Å². The van der Waals surface area contributed by atoms with Crippen LogP contribution in [0.3, 0.4) is 0 Å². The highest BCUT2D eigenvalue weighted by Crippen LogP contribution is 2.45. The van der Waals surface area contributed by atoms with Crippen molar-refractivity contribution in [1.29, 1.82) is 0 Å². The van der Waals surface area contributed by atoms with Crippen molar-refractivity contribution < 1.29 is 23.4 Å². The number of hydrogen-bond acceptors (Lipinski definition) is 5. The van der Waals surface area contributed by atoms with Gasteiger partial charge in [0.1, 0.15) is 5.60 Å². The molecule has 0 saturated carbocycles. The van der Waals surface area contributed by atoms with Crippen LogP contribution in [-0.2, 0) is 29.0 Å². The Kier molecular flexibility index (Phi) is 6.17. The van der Waals surface area contributed by atoms with Crippen molar-refractivity contribution in [3.63, 3.8) is 0 Å². The second-order valence-electron chi connectivity index (χ2n) is 4.48. The molecule has 1 aromatic carbocycles. The quantitative estimate of drug-likeness (QED) is 0.318. The van der Waals surface area contributed by atoms with Gasteiger partial charge in [-0.05, 0) is 19.4 Å². The van der Waals surface area contributed by atoms with Crippen LogP contribution >= 0.6 is 7.60 Å². The minimum atomic E-state index is -3.04. The summed E-state index contributed by atoms with van der Waals surface area (Å²) in [5, 5.41) is 0. The Morgan fingerprint density at radius 3 is 2.21 bits per heavy atom. The van der Waals surface area contributed by atoms with Crippen molar-refractivity contribution in [2.24, 2.45) is 0 Å². The normalized spacial score (nSPS) is 12.6. The highest BCUT2D eigenvalue weighted by atomic mass is 31.2. The second-order valence-corrected chi connectivity index (χ2v) is 6.88. The van der Waals surface area contributed by atoms with Gasteiger partial charge in [0.25, 0.3) is 0 Å². The average molecular weight is 288 g/mol. The van der Waals surface area contributed by atoms with E-state index in [1.807, 2.05) is 44.2 Å². The van der Waals surface area contributed by atoms with E-state index in [4.69, 9.17) is 18.8 Å². The second kappa shape index (κ2) is 7.17. The van der Waals surface area contributed by atoms with Crippen molar-refractivity contribution in [2.45, 2.75) is 19.4 Å². The van der Waals surface area contributed by atoms with Gasteiger partial charge in [0.15, 0.2) is 0 Å². The van der Waals surface area contributed by atoms with E-state index in [-0.39, 0.29) is 12.8 Å². The fourth-order valence-electron chi connectivity index (χ4n) is 1.48. The summed E-state index contributed by atoms with van der Waals surface area (Å²) in [5.74, 6) is 0. The Bertz CT molecular complexity index is 410. The minimum Gasteiger partial charge on any atom is -0.312 e. The van der Waals surface area contributed by atoms with E-state index in [1.54, 1.807) is 0 Å². The largest absolute Gasteiger partial charge is 0.332 e. The van der Waals surface area contributed by atoms with Gasteiger partial charge in [0.2, 0.25) is 0 Å². The van der Waals surface area contributed by atoms with Gasteiger partial charge in [0.05, 0.1) is 12.8 Å². The maximum Gasteiger partial charge on any atom is 0.332 e. The van der Waals surface area contributed by atoms with Gasteiger partial charge < -0.3 is 9.05 Å². The van der Waals surface area contributed by atoms with E-state index in [9.17, 15) is 4.57 Å². The van der Waals surface area contributed by atoms with Crippen molar-refractivity contribution in [3.05, 3.63) is 35.9 Å². The molecule has 0 atom stereocenters. The predicted molar refractivity (Wildman–Crippen MR) is 73.0 cm³/mol.